The van der Waals surface area contributed by atoms with E-state index in [0.29, 0.717) is 12.6 Å². The van der Waals surface area contributed by atoms with E-state index in [-0.39, 0.29) is 0 Å². The van der Waals surface area contributed by atoms with Crippen molar-refractivity contribution in [3.8, 4) is 17.0 Å². The number of thiazole rings is 1. The molecule has 0 bridgehead atoms. The van der Waals surface area contributed by atoms with E-state index in [9.17, 15) is 0 Å². The molecule has 0 aliphatic heterocycles. The standard InChI is InChI=1S/C21H27N3OS/c1-4-25-16-8-9-18-17(11-16)20(14(3)22-18)19-12-26-21(24-19)23-15-7-5-6-13(2)10-15/h8-9,11-13,15,22H,4-7,10H2,1-3H3,(H,23,24)/t13-,15-/m1/s1. The fraction of sp³-hybridized carbons (Fsp3) is 0.476. The Morgan fingerprint density at radius 2 is 2.23 bits per heavy atom. The van der Waals surface area contributed by atoms with E-state index in [4.69, 9.17) is 9.72 Å². The predicted molar refractivity (Wildman–Crippen MR) is 110 cm³/mol. The molecule has 0 radical (unpaired) electrons. The van der Waals surface area contributed by atoms with Gasteiger partial charge in [-0.3, -0.25) is 0 Å². The van der Waals surface area contributed by atoms with Crippen LogP contribution in [0.1, 0.15) is 45.2 Å². The Bertz CT molecular complexity index is 898. The summed E-state index contributed by atoms with van der Waals surface area (Å²) in [6.45, 7) is 7.16. The molecule has 1 saturated carbocycles. The number of nitrogens with one attached hydrogen (secondary N) is 2. The number of aromatic nitrogens is 2. The molecule has 5 heteroatoms. The minimum atomic E-state index is 0.561. The molecule has 0 amide bonds. The molecular formula is C21H27N3OS. The summed E-state index contributed by atoms with van der Waals surface area (Å²) in [5.41, 5.74) is 4.50. The summed E-state index contributed by atoms with van der Waals surface area (Å²) in [6.07, 6.45) is 5.18. The van der Waals surface area contributed by atoms with Crippen LogP contribution < -0.4 is 10.1 Å². The molecule has 26 heavy (non-hydrogen) atoms. The number of aromatic amines is 1. The van der Waals surface area contributed by atoms with E-state index in [0.717, 1.165) is 33.7 Å². The lowest BCUT2D eigenvalue weighted by atomic mass is 9.87. The van der Waals surface area contributed by atoms with Gasteiger partial charge in [0.2, 0.25) is 0 Å². The van der Waals surface area contributed by atoms with Crippen molar-refractivity contribution in [1.82, 2.24) is 9.97 Å². The van der Waals surface area contributed by atoms with Crippen molar-refractivity contribution < 1.29 is 4.74 Å². The molecule has 4 rings (SSSR count). The molecular weight excluding hydrogens is 342 g/mol. The van der Waals surface area contributed by atoms with Crippen LogP contribution in [-0.4, -0.2) is 22.6 Å². The van der Waals surface area contributed by atoms with E-state index >= 15 is 0 Å². The highest BCUT2D eigenvalue weighted by Crippen LogP contribution is 2.36. The number of anilines is 1. The largest absolute Gasteiger partial charge is 0.494 e. The van der Waals surface area contributed by atoms with Gasteiger partial charge in [-0.2, -0.15) is 0 Å². The highest BCUT2D eigenvalue weighted by atomic mass is 32.1. The zero-order valence-corrected chi connectivity index (χ0v) is 16.6. The molecule has 1 aromatic carbocycles. The maximum atomic E-state index is 5.69. The monoisotopic (exact) mass is 369 g/mol. The number of ether oxygens (including phenoxy) is 1. The van der Waals surface area contributed by atoms with Crippen LogP contribution in [-0.2, 0) is 0 Å². The third-order valence-corrected chi connectivity index (χ3v) is 6.07. The third-order valence-electron chi connectivity index (χ3n) is 5.29. The predicted octanol–water partition coefficient (Wildman–Crippen LogP) is 5.99. The summed E-state index contributed by atoms with van der Waals surface area (Å²) in [5.74, 6) is 1.72. The van der Waals surface area contributed by atoms with Gasteiger partial charge in [-0.05, 0) is 50.8 Å². The van der Waals surface area contributed by atoms with Gasteiger partial charge >= 0.3 is 0 Å². The van der Waals surface area contributed by atoms with Crippen LogP contribution in [0.5, 0.6) is 5.75 Å². The first kappa shape index (κ1) is 17.4. The minimum Gasteiger partial charge on any atom is -0.494 e. The van der Waals surface area contributed by atoms with Crippen molar-refractivity contribution in [2.75, 3.05) is 11.9 Å². The quantitative estimate of drug-likeness (QED) is 0.581. The molecule has 0 saturated heterocycles. The Kier molecular flexibility index (Phi) is 4.90. The number of benzene rings is 1. The number of hydrogen-bond donors (Lipinski definition) is 2. The minimum absolute atomic E-state index is 0.561. The van der Waals surface area contributed by atoms with Crippen molar-refractivity contribution in [2.24, 2.45) is 5.92 Å². The Labute approximate surface area is 159 Å². The zero-order chi connectivity index (χ0) is 18.1. The summed E-state index contributed by atoms with van der Waals surface area (Å²) in [7, 11) is 0. The molecule has 138 valence electrons. The third kappa shape index (κ3) is 3.45. The van der Waals surface area contributed by atoms with Crippen LogP contribution in [0.4, 0.5) is 5.13 Å². The summed E-state index contributed by atoms with van der Waals surface area (Å²) >= 11 is 1.71. The number of rotatable bonds is 5. The normalized spacial score (nSPS) is 20.4. The highest BCUT2D eigenvalue weighted by Gasteiger charge is 2.20. The van der Waals surface area contributed by atoms with Gasteiger partial charge in [-0.1, -0.05) is 19.8 Å². The second kappa shape index (κ2) is 7.31. The number of aryl methyl sites for hydroxylation is 1. The molecule has 3 aromatic rings. The maximum absolute atomic E-state index is 5.69. The lowest BCUT2D eigenvalue weighted by Crippen LogP contribution is -2.26. The molecule has 2 atom stereocenters. The summed E-state index contributed by atoms with van der Waals surface area (Å²) < 4.78 is 5.69. The van der Waals surface area contributed by atoms with Crippen molar-refractivity contribution >= 4 is 27.4 Å². The van der Waals surface area contributed by atoms with Crippen LogP contribution in [0, 0.1) is 12.8 Å². The van der Waals surface area contributed by atoms with Gasteiger partial charge in [0.25, 0.3) is 0 Å². The SMILES string of the molecule is CCOc1ccc2[nH]c(C)c(-c3csc(N[C@@H]4CCC[C@@H](C)C4)n3)c2c1. The van der Waals surface area contributed by atoms with Crippen LogP contribution in [0.3, 0.4) is 0 Å². The molecule has 1 aliphatic carbocycles. The molecule has 0 spiro atoms. The summed E-state index contributed by atoms with van der Waals surface area (Å²) in [5, 5.41) is 8.04. The molecule has 4 nitrogen and oxygen atoms in total. The van der Waals surface area contributed by atoms with Gasteiger partial charge in [-0.25, -0.2) is 4.98 Å². The fourth-order valence-electron chi connectivity index (χ4n) is 4.09. The first-order chi connectivity index (χ1) is 12.6. The Hall–Kier alpha value is -2.01. The van der Waals surface area contributed by atoms with Crippen molar-refractivity contribution in [1.29, 1.82) is 0 Å². The van der Waals surface area contributed by atoms with E-state index in [1.54, 1.807) is 11.3 Å². The summed E-state index contributed by atoms with van der Waals surface area (Å²) in [4.78, 5) is 8.39. The van der Waals surface area contributed by atoms with Crippen LogP contribution in [0.2, 0.25) is 0 Å². The van der Waals surface area contributed by atoms with Crippen LogP contribution in [0.25, 0.3) is 22.2 Å². The molecule has 2 heterocycles. The lowest BCUT2D eigenvalue weighted by Gasteiger charge is -2.27. The van der Waals surface area contributed by atoms with Crippen molar-refractivity contribution in [3.05, 3.63) is 29.3 Å². The number of hydrogen-bond acceptors (Lipinski definition) is 4. The van der Waals surface area contributed by atoms with E-state index in [2.05, 4.69) is 41.7 Å². The molecule has 2 N–H and O–H groups in total. The average molecular weight is 370 g/mol. The van der Waals surface area contributed by atoms with Gasteiger partial charge in [0.15, 0.2) is 5.13 Å². The first-order valence-electron chi connectivity index (χ1n) is 9.61. The van der Waals surface area contributed by atoms with E-state index < -0.39 is 0 Å². The Balaban J connectivity index is 1.62. The Morgan fingerprint density at radius 1 is 1.35 bits per heavy atom. The van der Waals surface area contributed by atoms with E-state index in [1.165, 1.54) is 36.6 Å². The molecule has 1 fully saturated rings. The van der Waals surface area contributed by atoms with Gasteiger partial charge in [0.05, 0.1) is 12.3 Å². The van der Waals surface area contributed by atoms with Crippen LogP contribution >= 0.6 is 11.3 Å². The average Bonchev–Trinajstić information content (AvgIpc) is 3.18. The maximum Gasteiger partial charge on any atom is 0.183 e. The fourth-order valence-corrected chi connectivity index (χ4v) is 4.87. The molecule has 1 aliphatic rings. The molecule has 2 aromatic heterocycles. The smallest absolute Gasteiger partial charge is 0.183 e. The highest BCUT2D eigenvalue weighted by molar-refractivity contribution is 7.14. The number of nitrogens with zero attached hydrogens (tertiary/aromatic N) is 1. The van der Waals surface area contributed by atoms with Crippen molar-refractivity contribution in [2.45, 2.75) is 52.5 Å². The summed E-state index contributed by atoms with van der Waals surface area (Å²) in [6, 6.07) is 6.79. The number of H-pyrrole nitrogens is 1. The second-order valence-corrected chi connectivity index (χ2v) is 8.27. The number of fused-ring (bicyclic) bond motifs is 1. The second-order valence-electron chi connectivity index (χ2n) is 7.42. The van der Waals surface area contributed by atoms with Gasteiger partial charge in [-0.15, -0.1) is 11.3 Å². The first-order valence-corrected chi connectivity index (χ1v) is 10.5. The van der Waals surface area contributed by atoms with Gasteiger partial charge in [0.1, 0.15) is 5.75 Å². The molecule has 0 unspecified atom stereocenters. The van der Waals surface area contributed by atoms with Crippen molar-refractivity contribution in [3.63, 3.8) is 0 Å². The van der Waals surface area contributed by atoms with Gasteiger partial charge < -0.3 is 15.0 Å². The topological polar surface area (TPSA) is 49.9 Å². The van der Waals surface area contributed by atoms with Crippen LogP contribution in [0.15, 0.2) is 23.6 Å². The van der Waals surface area contributed by atoms with E-state index in [1.807, 2.05) is 13.0 Å². The Morgan fingerprint density at radius 3 is 3.04 bits per heavy atom. The lowest BCUT2D eigenvalue weighted by molar-refractivity contribution is 0.341. The van der Waals surface area contributed by atoms with Gasteiger partial charge in [0, 0.05) is 33.6 Å². The zero-order valence-electron chi connectivity index (χ0n) is 15.8.